The molecule has 1 unspecified atom stereocenters. The van der Waals surface area contributed by atoms with Gasteiger partial charge < -0.3 is 5.32 Å². The molecule has 1 aromatic rings. The van der Waals surface area contributed by atoms with Crippen LogP contribution in [-0.2, 0) is 0 Å². The van der Waals surface area contributed by atoms with Gasteiger partial charge in [0, 0.05) is 11.4 Å². The molecule has 0 heterocycles. The van der Waals surface area contributed by atoms with Crippen molar-refractivity contribution in [3.8, 4) is 0 Å². The van der Waals surface area contributed by atoms with Crippen molar-refractivity contribution in [1.29, 1.82) is 0 Å². The zero-order valence-electron chi connectivity index (χ0n) is 10.6. The molecular weight excluding hydrogens is 323 g/mol. The zero-order valence-corrected chi connectivity index (χ0v) is 12.2. The van der Waals surface area contributed by atoms with Gasteiger partial charge in [-0.25, -0.2) is 13.2 Å². The van der Waals surface area contributed by atoms with Crippen molar-refractivity contribution in [2.75, 3.05) is 6.54 Å². The van der Waals surface area contributed by atoms with Crippen LogP contribution in [0, 0.1) is 23.4 Å². The van der Waals surface area contributed by atoms with Gasteiger partial charge in [-0.05, 0) is 24.5 Å². The Labute approximate surface area is 118 Å². The third-order valence-electron chi connectivity index (χ3n) is 2.49. The Morgan fingerprint density at radius 3 is 2.47 bits per heavy atom. The highest BCUT2D eigenvalue weighted by Gasteiger charge is 2.19. The average Bonchev–Trinajstić information content (AvgIpc) is 2.32. The Kier molecular flexibility index (Phi) is 5.85. The summed E-state index contributed by atoms with van der Waals surface area (Å²) in [5.41, 5.74) is -0.497. The fourth-order valence-corrected chi connectivity index (χ4v) is 2.50. The molecule has 0 aromatic heterocycles. The second-order valence-electron chi connectivity index (χ2n) is 4.66. The van der Waals surface area contributed by atoms with E-state index in [0.717, 1.165) is 18.6 Å². The Morgan fingerprint density at radius 2 is 1.89 bits per heavy atom. The molecule has 106 valence electrons. The van der Waals surface area contributed by atoms with Crippen LogP contribution in [-0.4, -0.2) is 17.3 Å². The number of hydrogen-bond donors (Lipinski definition) is 1. The number of alkyl halides is 1. The van der Waals surface area contributed by atoms with Crippen LogP contribution in [0.1, 0.15) is 30.6 Å². The number of nitrogens with one attached hydrogen (secondary N) is 1. The molecule has 0 radical (unpaired) electrons. The van der Waals surface area contributed by atoms with Gasteiger partial charge in [-0.2, -0.15) is 0 Å². The van der Waals surface area contributed by atoms with Crippen LogP contribution in [0.3, 0.4) is 0 Å². The zero-order chi connectivity index (χ0) is 14.6. The van der Waals surface area contributed by atoms with Gasteiger partial charge in [-0.15, -0.1) is 0 Å². The minimum Gasteiger partial charge on any atom is -0.351 e. The summed E-state index contributed by atoms with van der Waals surface area (Å²) in [4.78, 5) is 11.7. The van der Waals surface area contributed by atoms with Crippen molar-refractivity contribution in [2.24, 2.45) is 5.92 Å². The van der Waals surface area contributed by atoms with Crippen molar-refractivity contribution in [2.45, 2.75) is 25.1 Å². The van der Waals surface area contributed by atoms with Crippen LogP contribution < -0.4 is 5.32 Å². The largest absolute Gasteiger partial charge is 0.351 e. The maximum absolute atomic E-state index is 13.4. The second kappa shape index (κ2) is 6.93. The van der Waals surface area contributed by atoms with E-state index in [1.165, 1.54) is 0 Å². The van der Waals surface area contributed by atoms with Crippen LogP contribution in [0.4, 0.5) is 13.2 Å². The first-order chi connectivity index (χ1) is 8.82. The molecule has 0 fully saturated rings. The lowest BCUT2D eigenvalue weighted by Gasteiger charge is -2.13. The van der Waals surface area contributed by atoms with Crippen molar-refractivity contribution in [3.05, 3.63) is 35.1 Å². The summed E-state index contributed by atoms with van der Waals surface area (Å²) in [5.74, 6) is -4.73. The summed E-state index contributed by atoms with van der Waals surface area (Å²) < 4.78 is 39.1. The number of hydrogen-bond acceptors (Lipinski definition) is 1. The Bertz CT molecular complexity index is 465. The maximum Gasteiger partial charge on any atom is 0.254 e. The normalized spacial score (nSPS) is 12.6. The smallest absolute Gasteiger partial charge is 0.254 e. The van der Waals surface area contributed by atoms with E-state index in [1.807, 2.05) is 13.8 Å². The van der Waals surface area contributed by atoms with Crippen LogP contribution in [0.25, 0.3) is 0 Å². The molecule has 1 aromatic carbocycles. The van der Waals surface area contributed by atoms with Crippen molar-refractivity contribution < 1.29 is 18.0 Å². The molecule has 1 N–H and O–H groups in total. The SMILES string of the molecule is CC(C)CC(Br)CNC(=O)c1ccc(F)c(F)c1F. The van der Waals surface area contributed by atoms with E-state index in [4.69, 9.17) is 0 Å². The molecule has 0 bridgehead atoms. The first-order valence-electron chi connectivity index (χ1n) is 5.88. The molecule has 0 aliphatic heterocycles. The molecule has 0 aliphatic rings. The first-order valence-corrected chi connectivity index (χ1v) is 6.80. The van der Waals surface area contributed by atoms with E-state index < -0.39 is 28.9 Å². The molecule has 1 amide bonds. The van der Waals surface area contributed by atoms with Gasteiger partial charge in [0.25, 0.3) is 5.91 Å². The predicted molar refractivity (Wildman–Crippen MR) is 70.8 cm³/mol. The number of halogens is 4. The quantitative estimate of drug-likeness (QED) is 0.645. The Balaban J connectivity index is 2.67. The van der Waals surface area contributed by atoms with Gasteiger partial charge in [0.05, 0.1) is 5.56 Å². The summed E-state index contributed by atoms with van der Waals surface area (Å²) in [5, 5.41) is 2.48. The number of benzene rings is 1. The lowest BCUT2D eigenvalue weighted by atomic mass is 10.1. The lowest BCUT2D eigenvalue weighted by Crippen LogP contribution is -2.31. The number of carbonyl (C=O) groups excluding carboxylic acids is 1. The maximum atomic E-state index is 13.4. The van der Waals surface area contributed by atoms with Crippen molar-refractivity contribution in [1.82, 2.24) is 5.32 Å². The summed E-state index contributed by atoms with van der Waals surface area (Å²) in [6, 6.07) is 1.65. The minimum atomic E-state index is -1.63. The lowest BCUT2D eigenvalue weighted by molar-refractivity contribution is 0.0948. The first kappa shape index (κ1) is 16.0. The highest BCUT2D eigenvalue weighted by atomic mass is 79.9. The van der Waals surface area contributed by atoms with Gasteiger partial charge in [-0.1, -0.05) is 29.8 Å². The van der Waals surface area contributed by atoms with Crippen LogP contribution >= 0.6 is 15.9 Å². The van der Waals surface area contributed by atoms with E-state index in [1.54, 1.807) is 0 Å². The third-order valence-corrected chi connectivity index (χ3v) is 3.19. The molecular formula is C13H15BrF3NO. The van der Waals surface area contributed by atoms with Crippen LogP contribution in [0.5, 0.6) is 0 Å². The molecule has 2 nitrogen and oxygen atoms in total. The van der Waals surface area contributed by atoms with Crippen LogP contribution in [0.15, 0.2) is 12.1 Å². The number of rotatable bonds is 5. The van der Waals surface area contributed by atoms with Gasteiger partial charge in [0.2, 0.25) is 0 Å². The molecule has 0 saturated heterocycles. The molecule has 0 saturated carbocycles. The Morgan fingerprint density at radius 1 is 1.26 bits per heavy atom. The summed E-state index contributed by atoms with van der Waals surface area (Å²) in [6.07, 6.45) is 0.834. The summed E-state index contributed by atoms with van der Waals surface area (Å²) >= 11 is 3.38. The fourth-order valence-electron chi connectivity index (χ4n) is 1.59. The van der Waals surface area contributed by atoms with Gasteiger partial charge >= 0.3 is 0 Å². The minimum absolute atomic E-state index is 0.0461. The predicted octanol–water partition coefficient (Wildman–Crippen LogP) is 3.64. The van der Waals surface area contributed by atoms with Gasteiger partial charge in [0.1, 0.15) is 0 Å². The summed E-state index contributed by atoms with van der Waals surface area (Å²) in [6.45, 7) is 4.35. The number of carbonyl (C=O) groups is 1. The highest BCUT2D eigenvalue weighted by molar-refractivity contribution is 9.09. The van der Waals surface area contributed by atoms with Gasteiger partial charge in [0.15, 0.2) is 17.5 Å². The van der Waals surface area contributed by atoms with Gasteiger partial charge in [-0.3, -0.25) is 4.79 Å². The fraction of sp³-hybridized carbons (Fsp3) is 0.462. The average molecular weight is 338 g/mol. The molecule has 0 aliphatic carbocycles. The van der Waals surface area contributed by atoms with E-state index in [2.05, 4.69) is 21.2 Å². The molecule has 1 rings (SSSR count). The monoisotopic (exact) mass is 337 g/mol. The Hall–Kier alpha value is -1.04. The molecule has 19 heavy (non-hydrogen) atoms. The molecule has 1 atom stereocenters. The van der Waals surface area contributed by atoms with E-state index in [9.17, 15) is 18.0 Å². The van der Waals surface area contributed by atoms with Crippen molar-refractivity contribution >= 4 is 21.8 Å². The summed E-state index contributed by atoms with van der Waals surface area (Å²) in [7, 11) is 0. The highest BCUT2D eigenvalue weighted by Crippen LogP contribution is 2.16. The topological polar surface area (TPSA) is 29.1 Å². The second-order valence-corrected chi connectivity index (χ2v) is 5.95. The molecule has 0 spiro atoms. The third kappa shape index (κ3) is 4.53. The molecule has 6 heteroatoms. The standard InChI is InChI=1S/C13H15BrF3NO/c1-7(2)5-8(14)6-18-13(19)9-3-4-10(15)12(17)11(9)16/h3-4,7-8H,5-6H2,1-2H3,(H,18,19). The van der Waals surface area contributed by atoms with Crippen LogP contribution in [0.2, 0.25) is 0 Å². The van der Waals surface area contributed by atoms with E-state index in [0.29, 0.717) is 5.92 Å². The van der Waals surface area contributed by atoms with E-state index >= 15 is 0 Å². The van der Waals surface area contributed by atoms with Crippen molar-refractivity contribution in [3.63, 3.8) is 0 Å². The number of amides is 1. The van der Waals surface area contributed by atoms with E-state index in [-0.39, 0.29) is 11.4 Å².